The molecule has 1 fully saturated rings. The van der Waals surface area contributed by atoms with Crippen molar-refractivity contribution in [2.75, 3.05) is 6.54 Å². The van der Waals surface area contributed by atoms with Crippen molar-refractivity contribution in [2.24, 2.45) is 0 Å². The Morgan fingerprint density at radius 3 is 2.42 bits per heavy atom. The predicted octanol–water partition coefficient (Wildman–Crippen LogP) is 5.94. The van der Waals surface area contributed by atoms with E-state index in [2.05, 4.69) is 66.2 Å². The van der Waals surface area contributed by atoms with Crippen molar-refractivity contribution in [1.29, 1.82) is 5.26 Å². The van der Waals surface area contributed by atoms with Crippen molar-refractivity contribution in [1.82, 2.24) is 10.2 Å². The summed E-state index contributed by atoms with van der Waals surface area (Å²) in [5.41, 5.74) is 7.05. The highest BCUT2D eigenvalue weighted by atomic mass is 16.1. The monoisotopic (exact) mass is 435 g/mol. The minimum Gasteiger partial charge on any atom is -0.366 e. The maximum atomic E-state index is 12.5. The van der Waals surface area contributed by atoms with Gasteiger partial charge in [0, 0.05) is 30.4 Å². The Bertz CT molecular complexity index is 1170. The second-order valence-corrected chi connectivity index (χ2v) is 8.62. The van der Waals surface area contributed by atoms with Crippen LogP contribution in [0.4, 0.5) is 0 Å². The van der Waals surface area contributed by atoms with Gasteiger partial charge in [0.15, 0.2) is 0 Å². The first-order valence-corrected chi connectivity index (χ1v) is 11.4. The highest BCUT2D eigenvalue weighted by molar-refractivity contribution is 5.96. The van der Waals surface area contributed by atoms with Gasteiger partial charge in [-0.05, 0) is 59.7 Å². The average Bonchev–Trinajstić information content (AvgIpc) is 3.66. The van der Waals surface area contributed by atoms with E-state index in [-0.39, 0.29) is 5.91 Å². The van der Waals surface area contributed by atoms with Crippen LogP contribution in [-0.4, -0.2) is 23.4 Å². The largest absolute Gasteiger partial charge is 0.366 e. The summed E-state index contributed by atoms with van der Waals surface area (Å²) in [6.45, 7) is 7.73. The normalized spacial score (nSPS) is 12.6. The number of rotatable bonds is 9. The summed E-state index contributed by atoms with van der Waals surface area (Å²) in [6.07, 6.45) is 2.59. The van der Waals surface area contributed by atoms with E-state index < -0.39 is 0 Å². The Morgan fingerprint density at radius 2 is 1.76 bits per heavy atom. The molecule has 0 atom stereocenters. The molecule has 3 aromatic carbocycles. The Labute approximate surface area is 196 Å². The zero-order valence-electron chi connectivity index (χ0n) is 19.1. The number of carbonyl (C=O) groups excluding carboxylic acids is 1. The van der Waals surface area contributed by atoms with Gasteiger partial charge >= 0.3 is 0 Å². The molecule has 4 nitrogen and oxygen atoms in total. The number of nitrogens with one attached hydrogen (secondary N) is 1. The molecule has 1 aliphatic carbocycles. The lowest BCUT2D eigenvalue weighted by Crippen LogP contribution is -2.25. The van der Waals surface area contributed by atoms with Gasteiger partial charge in [-0.2, -0.15) is 5.26 Å². The number of aryl methyl sites for hydroxylation is 1. The second kappa shape index (κ2) is 10.2. The van der Waals surface area contributed by atoms with Crippen LogP contribution < -0.4 is 5.32 Å². The van der Waals surface area contributed by atoms with E-state index >= 15 is 0 Å². The first-order valence-electron chi connectivity index (χ1n) is 11.4. The highest BCUT2D eigenvalue weighted by Crippen LogP contribution is 2.28. The number of benzene rings is 3. The van der Waals surface area contributed by atoms with Crippen LogP contribution in [-0.2, 0) is 6.54 Å². The van der Waals surface area contributed by atoms with Gasteiger partial charge in [-0.1, -0.05) is 67.2 Å². The van der Waals surface area contributed by atoms with Gasteiger partial charge in [0.05, 0.1) is 12.5 Å². The maximum Gasteiger partial charge on any atom is 0.251 e. The molecule has 1 saturated carbocycles. The van der Waals surface area contributed by atoms with E-state index in [0.29, 0.717) is 31.1 Å². The van der Waals surface area contributed by atoms with Crippen LogP contribution in [0, 0.1) is 18.3 Å². The number of hydrogen-bond acceptors (Lipinski definition) is 3. The van der Waals surface area contributed by atoms with E-state index in [1.165, 1.54) is 5.56 Å². The first-order chi connectivity index (χ1) is 16.0. The van der Waals surface area contributed by atoms with Crippen molar-refractivity contribution < 1.29 is 4.79 Å². The molecule has 4 heteroatoms. The van der Waals surface area contributed by atoms with Gasteiger partial charge in [-0.3, -0.25) is 4.79 Å². The number of nitriles is 1. The fraction of sp³-hybridized carbons (Fsp3) is 0.241. The molecule has 0 unspecified atom stereocenters. The van der Waals surface area contributed by atoms with Gasteiger partial charge in [0.2, 0.25) is 0 Å². The molecule has 0 heterocycles. The summed E-state index contributed by atoms with van der Waals surface area (Å²) in [6, 6.07) is 27.0. The number of carbonyl (C=O) groups is 1. The average molecular weight is 436 g/mol. The lowest BCUT2D eigenvalue weighted by Gasteiger charge is -2.26. The summed E-state index contributed by atoms with van der Waals surface area (Å²) in [4.78, 5) is 14.6. The lowest BCUT2D eigenvalue weighted by molar-refractivity contribution is 0.0951. The Hall–Kier alpha value is -3.84. The van der Waals surface area contributed by atoms with Crippen molar-refractivity contribution >= 4 is 11.6 Å². The van der Waals surface area contributed by atoms with Gasteiger partial charge in [0.1, 0.15) is 0 Å². The van der Waals surface area contributed by atoms with Crippen LogP contribution in [0.1, 0.15) is 46.3 Å². The molecule has 1 aliphatic rings. The zero-order valence-corrected chi connectivity index (χ0v) is 19.1. The van der Waals surface area contributed by atoms with Crippen LogP contribution in [0.2, 0.25) is 0 Å². The molecule has 0 spiro atoms. The maximum absolute atomic E-state index is 12.5. The highest BCUT2D eigenvalue weighted by Gasteiger charge is 2.24. The van der Waals surface area contributed by atoms with E-state index in [4.69, 9.17) is 5.26 Å². The number of hydrogen-bond donors (Lipinski definition) is 1. The molecular formula is C29H29N3O. The SMILES string of the molecule is C=C(c1ccc(-c2cc(C(=O)NC3CC3)ccc2C)cc1)N(CCC#N)Cc1ccccc1. The van der Waals surface area contributed by atoms with Crippen LogP contribution in [0.5, 0.6) is 0 Å². The Morgan fingerprint density at radius 1 is 1.06 bits per heavy atom. The van der Waals surface area contributed by atoms with Gasteiger partial charge < -0.3 is 10.2 Å². The lowest BCUT2D eigenvalue weighted by atomic mass is 9.96. The van der Waals surface area contributed by atoms with E-state index in [9.17, 15) is 4.79 Å². The van der Waals surface area contributed by atoms with Crippen LogP contribution >= 0.6 is 0 Å². The molecule has 3 aromatic rings. The first kappa shape index (κ1) is 22.4. The molecule has 33 heavy (non-hydrogen) atoms. The van der Waals surface area contributed by atoms with Crippen molar-refractivity contribution in [3.05, 3.63) is 102 Å². The smallest absolute Gasteiger partial charge is 0.251 e. The zero-order chi connectivity index (χ0) is 23.2. The fourth-order valence-corrected chi connectivity index (χ4v) is 3.89. The summed E-state index contributed by atoms with van der Waals surface area (Å²) < 4.78 is 0. The van der Waals surface area contributed by atoms with E-state index in [1.54, 1.807) is 0 Å². The molecule has 1 N–H and O–H groups in total. The molecule has 0 radical (unpaired) electrons. The van der Waals surface area contributed by atoms with Crippen LogP contribution in [0.25, 0.3) is 16.8 Å². The van der Waals surface area contributed by atoms with Crippen molar-refractivity contribution in [3.63, 3.8) is 0 Å². The third-order valence-corrected chi connectivity index (χ3v) is 6.03. The van der Waals surface area contributed by atoms with Crippen LogP contribution in [0.3, 0.4) is 0 Å². The summed E-state index contributed by atoms with van der Waals surface area (Å²) >= 11 is 0. The van der Waals surface area contributed by atoms with E-state index in [1.807, 2.05) is 36.4 Å². The molecule has 166 valence electrons. The van der Waals surface area contributed by atoms with Gasteiger partial charge in [-0.25, -0.2) is 0 Å². The van der Waals surface area contributed by atoms with Crippen molar-refractivity contribution in [2.45, 2.75) is 38.8 Å². The van der Waals surface area contributed by atoms with E-state index in [0.717, 1.165) is 40.8 Å². The number of nitrogens with zero attached hydrogens (tertiary/aromatic N) is 2. The van der Waals surface area contributed by atoms with Gasteiger partial charge in [0.25, 0.3) is 5.91 Å². The van der Waals surface area contributed by atoms with Gasteiger partial charge in [-0.15, -0.1) is 0 Å². The van der Waals surface area contributed by atoms with Crippen molar-refractivity contribution in [3.8, 4) is 17.2 Å². The minimum atomic E-state index is -0.00204. The minimum absolute atomic E-state index is 0.00204. The molecule has 4 rings (SSSR count). The summed E-state index contributed by atoms with van der Waals surface area (Å²) in [5.74, 6) is -0.00204. The van der Waals surface area contributed by atoms with Crippen LogP contribution in [0.15, 0.2) is 79.4 Å². The predicted molar refractivity (Wildman–Crippen MR) is 133 cm³/mol. The molecule has 0 saturated heterocycles. The third-order valence-electron chi connectivity index (χ3n) is 6.03. The quantitative estimate of drug-likeness (QED) is 0.452. The third kappa shape index (κ3) is 5.70. The molecule has 0 bridgehead atoms. The molecular weight excluding hydrogens is 406 g/mol. The number of amides is 1. The summed E-state index contributed by atoms with van der Waals surface area (Å²) in [7, 11) is 0. The molecule has 0 aromatic heterocycles. The Kier molecular flexibility index (Phi) is 6.90. The topological polar surface area (TPSA) is 56.1 Å². The second-order valence-electron chi connectivity index (χ2n) is 8.62. The molecule has 0 aliphatic heterocycles. The Balaban J connectivity index is 1.53. The fourth-order valence-electron chi connectivity index (χ4n) is 3.89. The standard InChI is InChI=1S/C29H29N3O/c1-21-9-10-26(29(33)31-27-15-16-27)19-28(21)25-13-11-24(12-14-25)22(2)32(18-6-17-30)20-23-7-4-3-5-8-23/h3-5,7-14,19,27H,2,6,15-16,18,20H2,1H3,(H,31,33). The summed E-state index contributed by atoms with van der Waals surface area (Å²) in [5, 5.41) is 12.2. The molecule has 1 amide bonds.